The number of hydrogen-bond donors (Lipinski definition) is 2. The number of nitrogens with zero attached hydrogens (tertiary/aromatic N) is 2. The first-order valence-corrected chi connectivity index (χ1v) is 6.81. The predicted molar refractivity (Wildman–Crippen MR) is 78.7 cm³/mol. The number of halogens is 1. The van der Waals surface area contributed by atoms with Crippen molar-refractivity contribution in [2.45, 2.75) is 13.0 Å². The summed E-state index contributed by atoms with van der Waals surface area (Å²) in [4.78, 5) is 8.58. The topological polar surface area (TPSA) is 59.1 Å². The van der Waals surface area contributed by atoms with E-state index in [-0.39, 0.29) is 5.28 Å². The van der Waals surface area contributed by atoms with Crippen LogP contribution in [0.2, 0.25) is 5.28 Å². The van der Waals surface area contributed by atoms with Crippen LogP contribution >= 0.6 is 11.6 Å². The number of benzene rings is 1. The van der Waals surface area contributed by atoms with Gasteiger partial charge in [-0.3, -0.25) is 0 Å². The van der Waals surface area contributed by atoms with Crippen molar-refractivity contribution in [2.24, 2.45) is 0 Å². The van der Waals surface area contributed by atoms with Gasteiger partial charge < -0.3 is 15.4 Å². The highest BCUT2D eigenvalue weighted by Crippen LogP contribution is 2.26. The highest BCUT2D eigenvalue weighted by Gasteiger charge is 2.17. The average Bonchev–Trinajstić information content (AvgIpc) is 2.48. The van der Waals surface area contributed by atoms with Crippen LogP contribution in [0.5, 0.6) is 5.75 Å². The summed E-state index contributed by atoms with van der Waals surface area (Å²) in [6.45, 7) is 1.66. The number of hydrogen-bond acceptors (Lipinski definition) is 5. The molecule has 0 aliphatic carbocycles. The summed E-state index contributed by atoms with van der Waals surface area (Å²) in [5.41, 5.74) is 3.04. The van der Waals surface area contributed by atoms with Crippen molar-refractivity contribution in [3.8, 4) is 5.75 Å². The Morgan fingerprint density at radius 3 is 2.80 bits per heavy atom. The molecule has 1 aliphatic rings. The smallest absolute Gasteiger partial charge is 0.224 e. The maximum Gasteiger partial charge on any atom is 0.224 e. The molecule has 0 unspecified atom stereocenters. The monoisotopic (exact) mass is 290 g/mol. The van der Waals surface area contributed by atoms with Gasteiger partial charge >= 0.3 is 0 Å². The van der Waals surface area contributed by atoms with Gasteiger partial charge in [-0.1, -0.05) is 0 Å². The van der Waals surface area contributed by atoms with Gasteiger partial charge in [0, 0.05) is 17.8 Å². The summed E-state index contributed by atoms with van der Waals surface area (Å²) in [5, 5.41) is 6.85. The molecule has 2 N–H and O–H groups in total. The minimum absolute atomic E-state index is 0.267. The Kier molecular flexibility index (Phi) is 3.71. The van der Waals surface area contributed by atoms with Crippen LogP contribution in [0.4, 0.5) is 11.5 Å². The molecule has 0 spiro atoms. The van der Waals surface area contributed by atoms with E-state index in [4.69, 9.17) is 16.3 Å². The first-order chi connectivity index (χ1) is 9.76. The van der Waals surface area contributed by atoms with Gasteiger partial charge in [0.2, 0.25) is 5.28 Å². The molecule has 0 saturated heterocycles. The lowest BCUT2D eigenvalue weighted by molar-refractivity contribution is 0.415. The molecule has 6 heteroatoms. The zero-order valence-corrected chi connectivity index (χ0v) is 11.9. The fraction of sp³-hybridized carbons (Fsp3) is 0.286. The van der Waals surface area contributed by atoms with E-state index in [9.17, 15) is 0 Å². The van der Waals surface area contributed by atoms with Crippen LogP contribution in [-0.4, -0.2) is 23.6 Å². The van der Waals surface area contributed by atoms with E-state index in [1.807, 2.05) is 24.3 Å². The lowest BCUT2D eigenvalue weighted by Crippen LogP contribution is -2.26. The maximum atomic E-state index is 5.99. The van der Waals surface area contributed by atoms with E-state index in [0.29, 0.717) is 0 Å². The van der Waals surface area contributed by atoms with Crippen LogP contribution in [-0.2, 0) is 13.0 Å². The third-order valence-electron chi connectivity index (χ3n) is 3.26. The van der Waals surface area contributed by atoms with Crippen LogP contribution in [0.25, 0.3) is 0 Å². The second-order valence-electron chi connectivity index (χ2n) is 4.55. The molecule has 5 nitrogen and oxygen atoms in total. The lowest BCUT2D eigenvalue weighted by atomic mass is 10.1. The third kappa shape index (κ3) is 2.69. The van der Waals surface area contributed by atoms with Gasteiger partial charge in [-0.2, -0.15) is 0 Å². The highest BCUT2D eigenvalue weighted by atomic mass is 35.5. The summed E-state index contributed by atoms with van der Waals surface area (Å²) >= 11 is 5.99. The second kappa shape index (κ2) is 5.64. The molecule has 2 heterocycles. The van der Waals surface area contributed by atoms with Crippen molar-refractivity contribution in [1.29, 1.82) is 0 Å². The molecule has 0 saturated carbocycles. The summed E-state index contributed by atoms with van der Waals surface area (Å²) < 4.78 is 5.15. The molecule has 0 amide bonds. The van der Waals surface area contributed by atoms with E-state index >= 15 is 0 Å². The number of anilines is 2. The van der Waals surface area contributed by atoms with Gasteiger partial charge in [-0.05, 0) is 48.8 Å². The third-order valence-corrected chi connectivity index (χ3v) is 3.43. The Morgan fingerprint density at radius 1 is 1.25 bits per heavy atom. The van der Waals surface area contributed by atoms with Crippen molar-refractivity contribution in [3.63, 3.8) is 0 Å². The van der Waals surface area contributed by atoms with Gasteiger partial charge in [0.05, 0.1) is 12.8 Å². The zero-order chi connectivity index (χ0) is 13.9. The maximum absolute atomic E-state index is 5.99. The number of methoxy groups -OCH3 is 1. The van der Waals surface area contributed by atoms with Crippen LogP contribution in [0.15, 0.2) is 24.3 Å². The van der Waals surface area contributed by atoms with Gasteiger partial charge in [0.1, 0.15) is 11.6 Å². The minimum atomic E-state index is 0.267. The van der Waals surface area contributed by atoms with Gasteiger partial charge in [0.25, 0.3) is 0 Å². The van der Waals surface area contributed by atoms with Crippen molar-refractivity contribution in [1.82, 2.24) is 15.3 Å². The molecule has 3 rings (SSSR count). The van der Waals surface area contributed by atoms with E-state index in [1.54, 1.807) is 7.11 Å². The molecule has 1 aromatic heterocycles. The molecule has 0 bridgehead atoms. The molecule has 1 aromatic carbocycles. The fourth-order valence-corrected chi connectivity index (χ4v) is 2.43. The number of aromatic nitrogens is 2. The summed E-state index contributed by atoms with van der Waals surface area (Å²) in [6, 6.07) is 7.70. The van der Waals surface area contributed by atoms with Crippen LogP contribution in [0.1, 0.15) is 11.3 Å². The van der Waals surface area contributed by atoms with Crippen LogP contribution in [0, 0.1) is 0 Å². The van der Waals surface area contributed by atoms with Crippen molar-refractivity contribution in [3.05, 3.63) is 40.8 Å². The van der Waals surface area contributed by atoms with Gasteiger partial charge in [-0.25, -0.2) is 9.97 Å². The lowest BCUT2D eigenvalue weighted by Gasteiger charge is -2.19. The Labute approximate surface area is 122 Å². The molecule has 1 aliphatic heterocycles. The predicted octanol–water partition coefficient (Wildman–Crippen LogP) is 2.53. The number of ether oxygens (including phenoxy) is 1. The van der Waals surface area contributed by atoms with Gasteiger partial charge in [-0.15, -0.1) is 0 Å². The molecule has 2 aromatic rings. The van der Waals surface area contributed by atoms with Crippen LogP contribution in [0.3, 0.4) is 0 Å². The van der Waals surface area contributed by atoms with Gasteiger partial charge in [0.15, 0.2) is 0 Å². The summed E-state index contributed by atoms with van der Waals surface area (Å²) in [6.07, 6.45) is 0.894. The molecule has 104 valence electrons. The molecule has 0 radical (unpaired) electrons. The molecule has 0 atom stereocenters. The van der Waals surface area contributed by atoms with E-state index in [1.165, 1.54) is 0 Å². The zero-order valence-electron chi connectivity index (χ0n) is 11.1. The van der Waals surface area contributed by atoms with E-state index in [0.717, 1.165) is 48.0 Å². The normalized spacial score (nSPS) is 13.7. The minimum Gasteiger partial charge on any atom is -0.497 e. The van der Waals surface area contributed by atoms with Crippen molar-refractivity contribution >= 4 is 23.1 Å². The second-order valence-corrected chi connectivity index (χ2v) is 4.88. The Morgan fingerprint density at radius 2 is 2.05 bits per heavy atom. The Hall–Kier alpha value is -1.85. The number of fused-ring (bicyclic) bond motifs is 1. The first-order valence-electron chi connectivity index (χ1n) is 6.43. The molecular weight excluding hydrogens is 276 g/mol. The largest absolute Gasteiger partial charge is 0.497 e. The fourth-order valence-electron chi connectivity index (χ4n) is 2.24. The van der Waals surface area contributed by atoms with Crippen LogP contribution < -0.4 is 15.4 Å². The number of rotatable bonds is 3. The Bertz CT molecular complexity index is 615. The highest BCUT2D eigenvalue weighted by molar-refractivity contribution is 6.28. The molecule has 0 fully saturated rings. The summed E-state index contributed by atoms with van der Waals surface area (Å²) in [5.74, 6) is 1.61. The van der Waals surface area contributed by atoms with E-state index < -0.39 is 0 Å². The SMILES string of the molecule is COc1ccc(Nc2nc(Cl)nc3c2CCNC3)cc1. The number of nitrogens with one attached hydrogen (secondary N) is 2. The Balaban J connectivity index is 1.91. The van der Waals surface area contributed by atoms with E-state index in [2.05, 4.69) is 20.6 Å². The average molecular weight is 291 g/mol. The quantitative estimate of drug-likeness (QED) is 0.851. The van der Waals surface area contributed by atoms with Crippen molar-refractivity contribution < 1.29 is 4.74 Å². The van der Waals surface area contributed by atoms with Crippen molar-refractivity contribution in [2.75, 3.05) is 19.0 Å². The molecular formula is C14H15ClN4O. The summed E-state index contributed by atoms with van der Waals surface area (Å²) in [7, 11) is 1.65. The standard InChI is InChI=1S/C14H15ClN4O/c1-20-10-4-2-9(3-5-10)17-13-11-6-7-16-8-12(11)18-14(15)19-13/h2-5,16H,6-8H2,1H3,(H,17,18,19). The molecule has 20 heavy (non-hydrogen) atoms. The first kappa shape index (κ1) is 13.1.